The second-order valence-electron chi connectivity index (χ2n) is 4.64. The molecule has 0 aliphatic rings. The lowest BCUT2D eigenvalue weighted by atomic mass is 9.99. The first kappa shape index (κ1) is 12.8. The van der Waals surface area contributed by atoms with Crippen molar-refractivity contribution in [1.82, 2.24) is 14.9 Å². The number of fused-ring (bicyclic) bond motifs is 1. The Morgan fingerprint density at radius 1 is 1.15 bits per heavy atom. The standard InChI is InChI=1S/C16H16FN3/c1-2-18-16(12-7-3-4-8-14(12)17)13-11-19-20-10-6-5-9-15(13)20/h3-11,16,18H,2H2,1H3. The summed E-state index contributed by atoms with van der Waals surface area (Å²) < 4.78 is 15.9. The first-order valence-electron chi connectivity index (χ1n) is 6.71. The van der Waals surface area contributed by atoms with E-state index in [-0.39, 0.29) is 11.9 Å². The van der Waals surface area contributed by atoms with Gasteiger partial charge in [-0.1, -0.05) is 31.2 Å². The van der Waals surface area contributed by atoms with Crippen molar-refractivity contribution in [1.29, 1.82) is 0 Å². The third-order valence-electron chi connectivity index (χ3n) is 3.39. The van der Waals surface area contributed by atoms with E-state index in [4.69, 9.17) is 0 Å². The number of pyridine rings is 1. The van der Waals surface area contributed by atoms with Crippen LogP contribution in [-0.4, -0.2) is 16.2 Å². The number of rotatable bonds is 4. The fraction of sp³-hybridized carbons (Fsp3) is 0.188. The average Bonchev–Trinajstić information content (AvgIpc) is 2.90. The second-order valence-corrected chi connectivity index (χ2v) is 4.64. The minimum atomic E-state index is -0.200. The minimum Gasteiger partial charge on any atom is -0.306 e. The molecule has 0 fully saturated rings. The molecule has 0 saturated heterocycles. The van der Waals surface area contributed by atoms with Crippen molar-refractivity contribution in [3.8, 4) is 0 Å². The van der Waals surface area contributed by atoms with Crippen molar-refractivity contribution in [2.24, 2.45) is 0 Å². The Morgan fingerprint density at radius 2 is 1.95 bits per heavy atom. The Bertz CT molecular complexity index is 720. The molecule has 3 aromatic rings. The van der Waals surface area contributed by atoms with Gasteiger partial charge >= 0.3 is 0 Å². The van der Waals surface area contributed by atoms with Crippen molar-refractivity contribution < 1.29 is 4.39 Å². The number of nitrogens with zero attached hydrogens (tertiary/aromatic N) is 2. The van der Waals surface area contributed by atoms with Crippen molar-refractivity contribution in [2.45, 2.75) is 13.0 Å². The smallest absolute Gasteiger partial charge is 0.128 e. The van der Waals surface area contributed by atoms with Gasteiger partial charge in [0.1, 0.15) is 5.82 Å². The van der Waals surface area contributed by atoms with Crippen LogP contribution < -0.4 is 5.32 Å². The van der Waals surface area contributed by atoms with Gasteiger partial charge in [-0.2, -0.15) is 5.10 Å². The molecule has 0 aliphatic carbocycles. The van der Waals surface area contributed by atoms with Crippen LogP contribution in [-0.2, 0) is 0 Å². The van der Waals surface area contributed by atoms with Gasteiger partial charge in [0, 0.05) is 17.3 Å². The van der Waals surface area contributed by atoms with E-state index in [0.717, 1.165) is 17.6 Å². The molecule has 1 atom stereocenters. The molecule has 0 radical (unpaired) electrons. The summed E-state index contributed by atoms with van der Waals surface area (Å²) in [6, 6.07) is 12.6. The molecule has 0 spiro atoms. The van der Waals surface area contributed by atoms with Crippen LogP contribution in [0.2, 0.25) is 0 Å². The van der Waals surface area contributed by atoms with Crippen LogP contribution in [0.3, 0.4) is 0 Å². The first-order valence-corrected chi connectivity index (χ1v) is 6.71. The van der Waals surface area contributed by atoms with Crippen LogP contribution in [0.5, 0.6) is 0 Å². The molecule has 2 heterocycles. The quantitative estimate of drug-likeness (QED) is 0.788. The normalized spacial score (nSPS) is 12.7. The number of benzene rings is 1. The zero-order valence-electron chi connectivity index (χ0n) is 11.3. The summed E-state index contributed by atoms with van der Waals surface area (Å²) >= 11 is 0. The Labute approximate surface area is 117 Å². The molecule has 4 heteroatoms. The minimum absolute atomic E-state index is 0.193. The van der Waals surface area contributed by atoms with Gasteiger partial charge in [0.05, 0.1) is 17.8 Å². The van der Waals surface area contributed by atoms with Gasteiger partial charge < -0.3 is 5.32 Å². The third kappa shape index (κ3) is 2.18. The maximum atomic E-state index is 14.1. The molecule has 1 unspecified atom stereocenters. The van der Waals surface area contributed by atoms with E-state index >= 15 is 0 Å². The Morgan fingerprint density at radius 3 is 2.75 bits per heavy atom. The maximum Gasteiger partial charge on any atom is 0.128 e. The SMILES string of the molecule is CCNC(c1ccccc1F)c1cnn2ccccc12. The zero-order valence-corrected chi connectivity index (χ0v) is 11.3. The topological polar surface area (TPSA) is 29.3 Å². The number of nitrogens with one attached hydrogen (secondary N) is 1. The highest BCUT2D eigenvalue weighted by atomic mass is 19.1. The molecule has 102 valence electrons. The Balaban J connectivity index is 2.14. The summed E-state index contributed by atoms with van der Waals surface area (Å²) in [5.74, 6) is -0.200. The number of aromatic nitrogens is 2. The maximum absolute atomic E-state index is 14.1. The van der Waals surface area contributed by atoms with Gasteiger partial charge in [-0.3, -0.25) is 0 Å². The van der Waals surface area contributed by atoms with Gasteiger partial charge in [-0.25, -0.2) is 8.91 Å². The fourth-order valence-corrected chi connectivity index (χ4v) is 2.48. The summed E-state index contributed by atoms with van der Waals surface area (Å²) in [7, 11) is 0. The van der Waals surface area contributed by atoms with E-state index in [1.165, 1.54) is 6.07 Å². The van der Waals surface area contributed by atoms with Crippen LogP contribution in [0.4, 0.5) is 4.39 Å². The summed E-state index contributed by atoms with van der Waals surface area (Å²) in [5.41, 5.74) is 2.62. The van der Waals surface area contributed by atoms with E-state index < -0.39 is 0 Å². The predicted octanol–water partition coefficient (Wildman–Crippen LogP) is 3.17. The molecule has 1 N–H and O–H groups in total. The molecular formula is C16H16FN3. The number of hydrogen-bond donors (Lipinski definition) is 1. The van der Waals surface area contributed by atoms with Crippen molar-refractivity contribution >= 4 is 5.52 Å². The lowest BCUT2D eigenvalue weighted by molar-refractivity contribution is 0.560. The van der Waals surface area contributed by atoms with Crippen LogP contribution in [0.25, 0.3) is 5.52 Å². The van der Waals surface area contributed by atoms with Gasteiger partial charge in [0.25, 0.3) is 0 Å². The summed E-state index contributed by atoms with van der Waals surface area (Å²) in [6.45, 7) is 2.77. The van der Waals surface area contributed by atoms with Crippen molar-refractivity contribution in [3.63, 3.8) is 0 Å². The molecule has 20 heavy (non-hydrogen) atoms. The highest BCUT2D eigenvalue weighted by Gasteiger charge is 2.20. The summed E-state index contributed by atoms with van der Waals surface area (Å²) in [4.78, 5) is 0. The van der Waals surface area contributed by atoms with E-state index in [1.807, 2.05) is 43.5 Å². The van der Waals surface area contributed by atoms with Crippen molar-refractivity contribution in [2.75, 3.05) is 6.54 Å². The van der Waals surface area contributed by atoms with Crippen LogP contribution in [0.15, 0.2) is 54.9 Å². The van der Waals surface area contributed by atoms with Crippen LogP contribution in [0, 0.1) is 5.82 Å². The fourth-order valence-electron chi connectivity index (χ4n) is 2.48. The number of hydrogen-bond acceptors (Lipinski definition) is 2. The van der Waals surface area contributed by atoms with E-state index in [0.29, 0.717) is 5.56 Å². The van der Waals surface area contributed by atoms with Crippen molar-refractivity contribution in [3.05, 3.63) is 71.8 Å². The largest absolute Gasteiger partial charge is 0.306 e. The van der Waals surface area contributed by atoms with Gasteiger partial charge in [-0.15, -0.1) is 0 Å². The Kier molecular flexibility index (Phi) is 3.48. The highest BCUT2D eigenvalue weighted by molar-refractivity contribution is 5.57. The molecule has 0 saturated carbocycles. The summed E-state index contributed by atoms with van der Waals surface area (Å²) in [6.07, 6.45) is 3.69. The second kappa shape index (κ2) is 5.43. The summed E-state index contributed by atoms with van der Waals surface area (Å²) in [5, 5.41) is 7.67. The monoisotopic (exact) mass is 269 g/mol. The molecule has 3 nitrogen and oxygen atoms in total. The molecule has 0 aliphatic heterocycles. The van der Waals surface area contributed by atoms with Gasteiger partial charge in [0.2, 0.25) is 0 Å². The average molecular weight is 269 g/mol. The molecular weight excluding hydrogens is 253 g/mol. The highest BCUT2D eigenvalue weighted by Crippen LogP contribution is 2.27. The van der Waals surface area contributed by atoms with E-state index in [1.54, 1.807) is 16.8 Å². The number of halogens is 1. The lowest BCUT2D eigenvalue weighted by Gasteiger charge is -2.18. The molecule has 0 amide bonds. The molecule has 2 aromatic heterocycles. The lowest BCUT2D eigenvalue weighted by Crippen LogP contribution is -2.22. The third-order valence-corrected chi connectivity index (χ3v) is 3.39. The first-order chi connectivity index (χ1) is 9.81. The van der Waals surface area contributed by atoms with Crippen LogP contribution >= 0.6 is 0 Å². The van der Waals surface area contributed by atoms with Gasteiger partial charge in [-0.05, 0) is 24.7 Å². The Hall–Kier alpha value is -2.20. The predicted molar refractivity (Wildman–Crippen MR) is 77.1 cm³/mol. The molecule has 3 rings (SSSR count). The van der Waals surface area contributed by atoms with Crippen LogP contribution in [0.1, 0.15) is 24.1 Å². The molecule has 0 bridgehead atoms. The van der Waals surface area contributed by atoms with E-state index in [2.05, 4.69) is 10.4 Å². The van der Waals surface area contributed by atoms with E-state index in [9.17, 15) is 4.39 Å². The zero-order chi connectivity index (χ0) is 13.9. The molecule has 1 aromatic carbocycles. The van der Waals surface area contributed by atoms with Gasteiger partial charge in [0.15, 0.2) is 0 Å².